The lowest BCUT2D eigenvalue weighted by atomic mass is 9.82. The van der Waals surface area contributed by atoms with E-state index in [9.17, 15) is 33.6 Å². The summed E-state index contributed by atoms with van der Waals surface area (Å²) in [6, 6.07) is 18.1. The summed E-state index contributed by atoms with van der Waals surface area (Å²) in [7, 11) is -4.95. The van der Waals surface area contributed by atoms with E-state index in [-0.39, 0.29) is 47.3 Å². The highest BCUT2D eigenvalue weighted by atomic mass is 32.1. The summed E-state index contributed by atoms with van der Waals surface area (Å²) in [6.45, 7) is 5.96. The zero-order valence-corrected chi connectivity index (χ0v) is 28.4. The molecule has 3 N–H and O–H groups in total. The third kappa shape index (κ3) is 7.18. The van der Waals surface area contributed by atoms with Crippen molar-refractivity contribution in [2.75, 3.05) is 19.6 Å². The predicted octanol–water partition coefficient (Wildman–Crippen LogP) is 6.20. The number of carbonyl (C=O) groups excluding carboxylic acids is 2. The van der Waals surface area contributed by atoms with E-state index in [1.54, 1.807) is 12.1 Å². The Bertz CT molecular complexity index is 1710. The number of hydrogen-bond donors (Lipinski definition) is 3. The number of amides is 2. The molecule has 250 valence electrons. The van der Waals surface area contributed by atoms with Gasteiger partial charge in [-0.05, 0) is 78.7 Å². The minimum atomic E-state index is -4.95. The number of carbonyl (C=O) groups is 2. The Kier molecular flexibility index (Phi) is 9.89. The molecule has 0 spiro atoms. The molecule has 2 aromatic carbocycles. The van der Waals surface area contributed by atoms with Crippen LogP contribution in [0, 0.1) is 29.1 Å². The summed E-state index contributed by atoms with van der Waals surface area (Å²) >= 11 is 1.25. The Morgan fingerprint density at radius 2 is 1.81 bits per heavy atom. The molecule has 0 saturated carbocycles. The lowest BCUT2D eigenvalue weighted by Crippen LogP contribution is -2.54. The van der Waals surface area contributed by atoms with Gasteiger partial charge in [0.05, 0.1) is 22.9 Å². The molecule has 6 rings (SSSR count). The molecule has 1 aromatic heterocycles. The van der Waals surface area contributed by atoms with Crippen LogP contribution in [0.3, 0.4) is 0 Å². The maximum atomic E-state index is 14.3. The number of likely N-dealkylation sites (tertiary alicyclic amines) is 1. The molecule has 0 radical (unpaired) electrons. The van der Waals surface area contributed by atoms with E-state index >= 15 is 0 Å². The van der Waals surface area contributed by atoms with Crippen LogP contribution in [0.5, 0.6) is 0 Å². The van der Waals surface area contributed by atoms with Crippen molar-refractivity contribution in [1.82, 2.24) is 15.1 Å². The van der Waals surface area contributed by atoms with Crippen LogP contribution in [-0.4, -0.2) is 69.2 Å². The van der Waals surface area contributed by atoms with Crippen LogP contribution in [0.1, 0.15) is 78.6 Å². The molecule has 47 heavy (non-hydrogen) atoms. The molecule has 9 nitrogen and oxygen atoms in total. The van der Waals surface area contributed by atoms with Gasteiger partial charge in [0.1, 0.15) is 0 Å². The molecular weight excluding hydrogens is 638 g/mol. The fourth-order valence-corrected chi connectivity index (χ4v) is 9.31. The van der Waals surface area contributed by atoms with Gasteiger partial charge < -0.3 is 20.0 Å². The van der Waals surface area contributed by atoms with Crippen LogP contribution in [0.4, 0.5) is 4.39 Å². The monoisotopic (exact) mass is 680 g/mol. The molecular formula is C35H42FN4O5PS. The maximum Gasteiger partial charge on any atom is 0.363 e. The molecule has 7 atom stereocenters. The number of benzene rings is 2. The summed E-state index contributed by atoms with van der Waals surface area (Å²) in [5, 5.41) is 13.7. The van der Waals surface area contributed by atoms with Crippen molar-refractivity contribution in [1.29, 1.82) is 5.26 Å². The fourth-order valence-electron chi connectivity index (χ4n) is 7.82. The maximum absolute atomic E-state index is 14.3. The standard InChI is InChI=1S/C35H42FN4O5PS/c1-21(2)23-8-10-27(38-34(41)32-16-25-14-24(9-13-31(25)47-32)33(36)46(43,44)45)19-40-28(15-23)11-12-30(40)35(42)39-18-26(17-37)29(20-39)22-6-4-3-5-7-22/h3-7,9,13-14,16,21,23,26-30,33H,8,10-12,15,18-20H2,1-2H3,(H,38,41)(H2,43,44,45)/t23-,26+,27+,28-,29-,30+,33?/m1/s1. The summed E-state index contributed by atoms with van der Waals surface area (Å²) in [6.07, 6.45) is 4.42. The van der Waals surface area contributed by atoms with Crippen LogP contribution in [0.2, 0.25) is 0 Å². The highest BCUT2D eigenvalue weighted by Gasteiger charge is 2.45. The molecule has 4 heterocycles. The van der Waals surface area contributed by atoms with Gasteiger partial charge in [-0.1, -0.05) is 50.2 Å². The third-order valence-electron chi connectivity index (χ3n) is 10.5. The predicted molar refractivity (Wildman–Crippen MR) is 180 cm³/mol. The minimum absolute atomic E-state index is 0.0167. The van der Waals surface area contributed by atoms with Crippen molar-refractivity contribution in [3.8, 4) is 6.07 Å². The van der Waals surface area contributed by atoms with Crippen molar-refractivity contribution in [3.63, 3.8) is 0 Å². The first-order valence-electron chi connectivity index (χ1n) is 16.5. The minimum Gasteiger partial charge on any atom is -0.347 e. The lowest BCUT2D eigenvalue weighted by molar-refractivity contribution is -0.135. The number of thiophene rings is 1. The third-order valence-corrected chi connectivity index (χ3v) is 12.5. The lowest BCUT2D eigenvalue weighted by Gasteiger charge is -2.39. The van der Waals surface area contributed by atoms with E-state index in [1.165, 1.54) is 23.5 Å². The Labute approximate surface area is 278 Å². The molecule has 0 bridgehead atoms. The molecule has 12 heteroatoms. The molecule has 0 aliphatic carbocycles. The van der Waals surface area contributed by atoms with Gasteiger partial charge in [0.15, 0.2) is 0 Å². The number of halogens is 1. The van der Waals surface area contributed by atoms with Crippen molar-refractivity contribution in [2.45, 2.75) is 75.9 Å². The number of nitrogens with one attached hydrogen (secondary N) is 1. The average Bonchev–Trinajstić information content (AvgIpc) is 3.77. The van der Waals surface area contributed by atoms with E-state index in [0.717, 1.165) is 42.4 Å². The molecule has 3 aliphatic heterocycles. The first-order chi connectivity index (χ1) is 22.4. The highest BCUT2D eigenvalue weighted by Crippen LogP contribution is 2.53. The van der Waals surface area contributed by atoms with Gasteiger partial charge in [0.25, 0.3) is 5.91 Å². The van der Waals surface area contributed by atoms with E-state index in [2.05, 4.69) is 30.1 Å². The second kappa shape index (κ2) is 13.8. The zero-order valence-electron chi connectivity index (χ0n) is 26.7. The average molecular weight is 681 g/mol. The highest BCUT2D eigenvalue weighted by molar-refractivity contribution is 7.51. The number of nitriles is 1. The number of hydrogen-bond acceptors (Lipinski definition) is 6. The molecule has 1 unspecified atom stereocenters. The molecule has 3 fully saturated rings. The van der Waals surface area contributed by atoms with Gasteiger partial charge in [0, 0.05) is 42.3 Å². The van der Waals surface area contributed by atoms with Gasteiger partial charge in [-0.2, -0.15) is 5.26 Å². The van der Waals surface area contributed by atoms with Crippen molar-refractivity contribution in [3.05, 3.63) is 70.6 Å². The normalized spacial score (nSPS) is 27.6. The quantitative estimate of drug-likeness (QED) is 0.253. The number of fused-ring (bicyclic) bond motifs is 2. The first-order valence-corrected chi connectivity index (χ1v) is 19.0. The Morgan fingerprint density at radius 1 is 1.04 bits per heavy atom. The summed E-state index contributed by atoms with van der Waals surface area (Å²) in [5.74, 6) is -1.96. The summed E-state index contributed by atoms with van der Waals surface area (Å²) in [5.41, 5.74) is 0.955. The molecule has 3 aromatic rings. The Morgan fingerprint density at radius 3 is 2.51 bits per heavy atom. The molecule has 3 aliphatic rings. The Balaban J connectivity index is 1.20. The van der Waals surface area contributed by atoms with Crippen molar-refractivity contribution >= 4 is 40.8 Å². The van der Waals surface area contributed by atoms with Crippen molar-refractivity contribution in [2.24, 2.45) is 17.8 Å². The largest absolute Gasteiger partial charge is 0.363 e. The fraction of sp³-hybridized carbons (Fsp3) is 0.514. The summed E-state index contributed by atoms with van der Waals surface area (Å²) in [4.78, 5) is 51.0. The zero-order chi connectivity index (χ0) is 33.5. The first kappa shape index (κ1) is 33.8. The number of nitrogens with zero attached hydrogens (tertiary/aromatic N) is 3. The van der Waals surface area contributed by atoms with E-state index in [0.29, 0.717) is 41.7 Å². The van der Waals surface area contributed by atoms with E-state index < -0.39 is 13.5 Å². The van der Waals surface area contributed by atoms with Gasteiger partial charge in [-0.25, -0.2) is 4.39 Å². The van der Waals surface area contributed by atoms with E-state index in [4.69, 9.17) is 0 Å². The van der Waals surface area contributed by atoms with Crippen molar-refractivity contribution < 1.29 is 28.3 Å². The summed E-state index contributed by atoms with van der Waals surface area (Å²) < 4.78 is 26.5. The SMILES string of the molecule is CC(C)[C@@H]1CC[C@H](NC(=O)c2cc3cc(C(F)P(=O)(O)O)ccc3s2)CN2[C@H](CC[C@H]2C(=O)N2C[C@H](c3ccccc3)[C@@H](C#N)C2)C1. The van der Waals surface area contributed by atoms with Crippen LogP contribution in [-0.2, 0) is 9.36 Å². The number of alkyl halides is 1. The van der Waals surface area contributed by atoms with Gasteiger partial charge >= 0.3 is 7.60 Å². The van der Waals surface area contributed by atoms with Crippen LogP contribution in [0.25, 0.3) is 10.1 Å². The van der Waals surface area contributed by atoms with Gasteiger partial charge in [-0.3, -0.25) is 19.1 Å². The molecule has 3 saturated heterocycles. The Hall–Kier alpha value is -3.13. The number of rotatable bonds is 7. The van der Waals surface area contributed by atoms with Crippen LogP contribution >= 0.6 is 18.9 Å². The van der Waals surface area contributed by atoms with Crippen LogP contribution in [0.15, 0.2) is 54.6 Å². The van der Waals surface area contributed by atoms with Crippen LogP contribution < -0.4 is 5.32 Å². The smallest absolute Gasteiger partial charge is 0.347 e. The molecule has 2 amide bonds. The topological polar surface area (TPSA) is 134 Å². The second-order valence-corrected chi connectivity index (χ2v) is 16.5. The van der Waals surface area contributed by atoms with Gasteiger partial charge in [0.2, 0.25) is 11.8 Å². The van der Waals surface area contributed by atoms with E-state index in [1.807, 2.05) is 35.2 Å². The van der Waals surface area contributed by atoms with Gasteiger partial charge in [-0.15, -0.1) is 11.3 Å². The second-order valence-electron chi connectivity index (χ2n) is 13.8.